The Morgan fingerprint density at radius 3 is 2.35 bits per heavy atom. The van der Waals surface area contributed by atoms with Gasteiger partial charge in [-0.25, -0.2) is 0 Å². The lowest BCUT2D eigenvalue weighted by atomic mass is 9.90. The molecular formula is C16H33N3O. The zero-order chi connectivity index (χ0) is 15.1. The Hall–Kier alpha value is -0.610. The summed E-state index contributed by atoms with van der Waals surface area (Å²) in [6, 6.07) is 0.849. The van der Waals surface area contributed by atoms with Gasteiger partial charge in [-0.15, -0.1) is 0 Å². The van der Waals surface area contributed by atoms with E-state index in [1.54, 1.807) is 0 Å². The van der Waals surface area contributed by atoms with E-state index in [2.05, 4.69) is 31.0 Å². The van der Waals surface area contributed by atoms with Gasteiger partial charge in [-0.2, -0.15) is 0 Å². The van der Waals surface area contributed by atoms with E-state index in [-0.39, 0.29) is 11.9 Å². The molecule has 0 heterocycles. The van der Waals surface area contributed by atoms with Gasteiger partial charge in [0.05, 0.1) is 6.04 Å². The van der Waals surface area contributed by atoms with Crippen LogP contribution in [0.4, 0.5) is 0 Å². The van der Waals surface area contributed by atoms with E-state index in [1.165, 1.54) is 0 Å². The minimum Gasteiger partial charge on any atom is -0.354 e. The van der Waals surface area contributed by atoms with Crippen LogP contribution in [0.2, 0.25) is 0 Å². The van der Waals surface area contributed by atoms with E-state index in [4.69, 9.17) is 5.73 Å². The Bertz CT molecular complexity index is 285. The molecule has 1 aliphatic carbocycles. The maximum absolute atomic E-state index is 12.3. The highest BCUT2D eigenvalue weighted by molar-refractivity contribution is 5.81. The van der Waals surface area contributed by atoms with Gasteiger partial charge in [0, 0.05) is 18.6 Å². The third-order valence-electron chi connectivity index (χ3n) is 4.25. The predicted molar refractivity (Wildman–Crippen MR) is 84.5 cm³/mol. The Balaban J connectivity index is 2.57. The Labute approximate surface area is 124 Å². The normalized spacial score (nSPS) is 24.9. The van der Waals surface area contributed by atoms with Gasteiger partial charge in [-0.05, 0) is 51.5 Å². The molecule has 118 valence electrons. The van der Waals surface area contributed by atoms with Crippen molar-refractivity contribution in [1.82, 2.24) is 10.2 Å². The Kier molecular flexibility index (Phi) is 7.52. The number of carbonyl (C=O) groups is 1. The van der Waals surface area contributed by atoms with Crippen LogP contribution in [-0.4, -0.2) is 42.0 Å². The minimum atomic E-state index is -0.0342. The molecule has 0 radical (unpaired) electrons. The minimum absolute atomic E-state index is 0.0342. The van der Waals surface area contributed by atoms with Crippen LogP contribution in [0.1, 0.15) is 59.8 Å². The SMILES string of the molecule is CCCN(C1CCC(N)CC1)C(C)C(=O)NCC(C)C. The van der Waals surface area contributed by atoms with Crippen LogP contribution in [0.3, 0.4) is 0 Å². The summed E-state index contributed by atoms with van der Waals surface area (Å²) in [5.41, 5.74) is 5.99. The summed E-state index contributed by atoms with van der Waals surface area (Å²) in [7, 11) is 0. The van der Waals surface area contributed by atoms with Crippen LogP contribution < -0.4 is 11.1 Å². The molecule has 0 saturated heterocycles. The Morgan fingerprint density at radius 1 is 1.25 bits per heavy atom. The van der Waals surface area contributed by atoms with Crippen molar-refractivity contribution in [3.8, 4) is 0 Å². The maximum atomic E-state index is 12.3. The van der Waals surface area contributed by atoms with E-state index >= 15 is 0 Å². The largest absolute Gasteiger partial charge is 0.354 e. The molecule has 1 rings (SSSR count). The first-order valence-corrected chi connectivity index (χ1v) is 8.24. The zero-order valence-electron chi connectivity index (χ0n) is 13.7. The highest BCUT2D eigenvalue weighted by Crippen LogP contribution is 2.24. The van der Waals surface area contributed by atoms with Gasteiger partial charge in [0.25, 0.3) is 0 Å². The maximum Gasteiger partial charge on any atom is 0.237 e. The number of nitrogens with one attached hydrogen (secondary N) is 1. The molecule has 0 aromatic carbocycles. The third-order valence-corrected chi connectivity index (χ3v) is 4.25. The summed E-state index contributed by atoms with van der Waals surface area (Å²) >= 11 is 0. The van der Waals surface area contributed by atoms with E-state index in [1.807, 2.05) is 6.92 Å². The van der Waals surface area contributed by atoms with Crippen LogP contribution >= 0.6 is 0 Å². The zero-order valence-corrected chi connectivity index (χ0v) is 13.7. The first-order valence-electron chi connectivity index (χ1n) is 8.24. The number of amides is 1. The van der Waals surface area contributed by atoms with Crippen LogP contribution in [0.5, 0.6) is 0 Å². The fraction of sp³-hybridized carbons (Fsp3) is 0.938. The van der Waals surface area contributed by atoms with E-state index in [9.17, 15) is 4.79 Å². The molecular weight excluding hydrogens is 250 g/mol. The van der Waals surface area contributed by atoms with Gasteiger partial charge in [-0.1, -0.05) is 20.8 Å². The number of nitrogens with two attached hydrogens (primary N) is 1. The molecule has 0 aromatic heterocycles. The smallest absolute Gasteiger partial charge is 0.237 e. The molecule has 1 aliphatic rings. The number of carbonyl (C=O) groups excluding carboxylic acids is 1. The van der Waals surface area contributed by atoms with Crippen molar-refractivity contribution in [2.75, 3.05) is 13.1 Å². The van der Waals surface area contributed by atoms with Gasteiger partial charge < -0.3 is 11.1 Å². The summed E-state index contributed by atoms with van der Waals surface area (Å²) in [6.07, 6.45) is 5.52. The van der Waals surface area contributed by atoms with Crippen LogP contribution in [0.25, 0.3) is 0 Å². The summed E-state index contributed by atoms with van der Waals surface area (Å²) < 4.78 is 0. The summed E-state index contributed by atoms with van der Waals surface area (Å²) in [6.45, 7) is 10.2. The standard InChI is InChI=1S/C16H33N3O/c1-5-10-19(15-8-6-14(17)7-9-15)13(4)16(20)18-11-12(2)3/h12-15H,5-11,17H2,1-4H3,(H,18,20). The molecule has 4 nitrogen and oxygen atoms in total. The summed E-state index contributed by atoms with van der Waals surface area (Å²) in [5.74, 6) is 0.667. The third kappa shape index (κ3) is 5.41. The molecule has 0 aromatic rings. The van der Waals surface area contributed by atoms with Crippen molar-refractivity contribution >= 4 is 5.91 Å². The van der Waals surface area contributed by atoms with E-state index in [0.29, 0.717) is 18.0 Å². The van der Waals surface area contributed by atoms with Crippen LogP contribution in [-0.2, 0) is 4.79 Å². The lowest BCUT2D eigenvalue weighted by Crippen LogP contribution is -2.52. The first kappa shape index (κ1) is 17.4. The second-order valence-electron chi connectivity index (χ2n) is 6.62. The summed E-state index contributed by atoms with van der Waals surface area (Å²) in [5, 5.41) is 3.06. The van der Waals surface area contributed by atoms with Crippen molar-refractivity contribution in [2.24, 2.45) is 11.7 Å². The van der Waals surface area contributed by atoms with Crippen molar-refractivity contribution in [3.05, 3.63) is 0 Å². The molecule has 0 spiro atoms. The van der Waals surface area contributed by atoms with E-state index < -0.39 is 0 Å². The second-order valence-corrected chi connectivity index (χ2v) is 6.62. The quantitative estimate of drug-likeness (QED) is 0.752. The first-order chi connectivity index (χ1) is 9.45. The molecule has 1 atom stereocenters. The van der Waals surface area contributed by atoms with Crippen LogP contribution in [0, 0.1) is 5.92 Å². The topological polar surface area (TPSA) is 58.4 Å². The molecule has 0 aliphatic heterocycles. The van der Waals surface area contributed by atoms with Crippen molar-refractivity contribution in [3.63, 3.8) is 0 Å². The molecule has 4 heteroatoms. The second kappa shape index (κ2) is 8.63. The van der Waals surface area contributed by atoms with Gasteiger partial charge >= 0.3 is 0 Å². The molecule has 1 saturated carbocycles. The fourth-order valence-electron chi connectivity index (χ4n) is 2.99. The van der Waals surface area contributed by atoms with Gasteiger partial charge in [0.1, 0.15) is 0 Å². The highest BCUT2D eigenvalue weighted by Gasteiger charge is 2.30. The number of hydrogen-bond donors (Lipinski definition) is 2. The van der Waals surface area contributed by atoms with Crippen molar-refractivity contribution < 1.29 is 4.79 Å². The highest BCUT2D eigenvalue weighted by atomic mass is 16.2. The van der Waals surface area contributed by atoms with Gasteiger partial charge in [0.2, 0.25) is 5.91 Å². The predicted octanol–water partition coefficient (Wildman–Crippen LogP) is 2.13. The van der Waals surface area contributed by atoms with E-state index in [0.717, 1.165) is 45.2 Å². The number of hydrogen-bond acceptors (Lipinski definition) is 3. The average molecular weight is 283 g/mol. The molecule has 1 fully saturated rings. The molecule has 1 amide bonds. The molecule has 0 bridgehead atoms. The monoisotopic (exact) mass is 283 g/mol. The summed E-state index contributed by atoms with van der Waals surface area (Å²) in [4.78, 5) is 14.7. The lowest BCUT2D eigenvalue weighted by molar-refractivity contribution is -0.127. The molecule has 1 unspecified atom stereocenters. The Morgan fingerprint density at radius 2 is 1.85 bits per heavy atom. The average Bonchev–Trinajstić information content (AvgIpc) is 2.42. The fourth-order valence-corrected chi connectivity index (χ4v) is 2.99. The van der Waals surface area contributed by atoms with Crippen molar-refractivity contribution in [2.45, 2.75) is 77.9 Å². The van der Waals surface area contributed by atoms with Gasteiger partial charge in [0.15, 0.2) is 0 Å². The lowest BCUT2D eigenvalue weighted by Gasteiger charge is -2.39. The molecule has 20 heavy (non-hydrogen) atoms. The van der Waals surface area contributed by atoms with Gasteiger partial charge in [-0.3, -0.25) is 9.69 Å². The molecule has 3 N–H and O–H groups in total. The van der Waals surface area contributed by atoms with Crippen LogP contribution in [0.15, 0.2) is 0 Å². The van der Waals surface area contributed by atoms with Crippen molar-refractivity contribution in [1.29, 1.82) is 0 Å². The number of rotatable bonds is 7. The number of nitrogens with zero attached hydrogens (tertiary/aromatic N) is 1.